The zero-order valence-electron chi connectivity index (χ0n) is 14.7. The van der Waals surface area contributed by atoms with Crippen molar-refractivity contribution in [2.75, 3.05) is 12.4 Å². The predicted octanol–water partition coefficient (Wildman–Crippen LogP) is 4.22. The second kappa shape index (κ2) is 7.51. The van der Waals surface area contributed by atoms with Crippen LogP contribution in [0, 0.1) is 17.5 Å². The minimum atomic E-state index is -1.16. The van der Waals surface area contributed by atoms with E-state index in [4.69, 9.17) is 11.6 Å². The smallest absolute Gasteiger partial charge is 0.319 e. The van der Waals surface area contributed by atoms with Crippen LogP contribution in [0.3, 0.4) is 0 Å². The molecule has 0 unspecified atom stereocenters. The zero-order valence-corrected chi connectivity index (χ0v) is 15.4. The molecule has 0 aliphatic heterocycles. The number of nitrogens with zero attached hydrogens (tertiary/aromatic N) is 2. The highest BCUT2D eigenvalue weighted by Crippen LogP contribution is 2.26. The summed E-state index contributed by atoms with van der Waals surface area (Å²) in [7, 11) is 1.45. The number of carbonyl (C=O) groups is 1. The van der Waals surface area contributed by atoms with Gasteiger partial charge in [-0.05, 0) is 37.3 Å². The van der Waals surface area contributed by atoms with Crippen molar-refractivity contribution in [3.05, 3.63) is 68.9 Å². The monoisotopic (exact) mass is 410 g/mol. The highest BCUT2D eigenvalue weighted by atomic mass is 35.5. The van der Waals surface area contributed by atoms with E-state index >= 15 is 0 Å². The normalized spacial score (nSPS) is 12.1. The summed E-state index contributed by atoms with van der Waals surface area (Å²) in [6, 6.07) is 4.03. The second-order valence-electron chi connectivity index (χ2n) is 6.10. The number of carbonyl (C=O) groups excluding carboxylic acids is 1. The molecule has 6 nitrogen and oxygen atoms in total. The molecule has 0 aliphatic carbocycles. The second-order valence-corrected chi connectivity index (χ2v) is 6.50. The van der Waals surface area contributed by atoms with Gasteiger partial charge in [0.15, 0.2) is 11.6 Å². The van der Waals surface area contributed by atoms with Gasteiger partial charge in [0.05, 0.1) is 22.1 Å². The number of rotatable bonds is 3. The zero-order chi connectivity index (χ0) is 20.6. The summed E-state index contributed by atoms with van der Waals surface area (Å²) >= 11 is 5.69. The summed E-state index contributed by atoms with van der Waals surface area (Å²) in [5, 5.41) is 8.49. The maximum Gasteiger partial charge on any atom is 0.322 e. The van der Waals surface area contributed by atoms with Crippen LogP contribution in [0.25, 0.3) is 10.8 Å². The quantitative estimate of drug-likeness (QED) is 0.678. The number of aromatic amines is 1. The molecule has 0 fully saturated rings. The molecule has 2 N–H and O–H groups in total. The molecule has 0 saturated carbocycles. The van der Waals surface area contributed by atoms with Crippen molar-refractivity contribution in [1.29, 1.82) is 0 Å². The van der Waals surface area contributed by atoms with Crippen LogP contribution in [-0.2, 0) is 0 Å². The van der Waals surface area contributed by atoms with Gasteiger partial charge >= 0.3 is 6.03 Å². The molecule has 0 bridgehead atoms. The predicted molar refractivity (Wildman–Crippen MR) is 98.9 cm³/mol. The van der Waals surface area contributed by atoms with Gasteiger partial charge in [-0.1, -0.05) is 11.6 Å². The minimum Gasteiger partial charge on any atom is -0.319 e. The number of benzene rings is 2. The van der Waals surface area contributed by atoms with Crippen LogP contribution in [-0.4, -0.2) is 28.2 Å². The third-order valence-electron chi connectivity index (χ3n) is 4.33. The van der Waals surface area contributed by atoms with Crippen LogP contribution >= 0.6 is 11.6 Å². The van der Waals surface area contributed by atoms with Crippen LogP contribution in [0.15, 0.2) is 35.1 Å². The number of fused-ring (bicyclic) bond motifs is 1. The lowest BCUT2D eigenvalue weighted by Crippen LogP contribution is -2.34. The van der Waals surface area contributed by atoms with E-state index in [1.165, 1.54) is 24.1 Å². The van der Waals surface area contributed by atoms with Crippen LogP contribution in [0.5, 0.6) is 0 Å². The summed E-state index contributed by atoms with van der Waals surface area (Å²) in [4.78, 5) is 25.6. The number of halogens is 4. The van der Waals surface area contributed by atoms with Crippen molar-refractivity contribution in [1.82, 2.24) is 15.1 Å². The van der Waals surface area contributed by atoms with Crippen molar-refractivity contribution >= 4 is 34.1 Å². The lowest BCUT2D eigenvalue weighted by Gasteiger charge is -2.25. The van der Waals surface area contributed by atoms with Crippen LogP contribution in [0.4, 0.5) is 23.7 Å². The lowest BCUT2D eigenvalue weighted by molar-refractivity contribution is 0.207. The first-order chi connectivity index (χ1) is 13.2. The van der Waals surface area contributed by atoms with Crippen LogP contribution in [0.1, 0.15) is 18.7 Å². The molecule has 0 aliphatic rings. The topological polar surface area (TPSA) is 78.1 Å². The number of H-pyrrole nitrogens is 1. The number of nitrogens with one attached hydrogen (secondary N) is 2. The fraction of sp³-hybridized carbons (Fsp3) is 0.167. The lowest BCUT2D eigenvalue weighted by atomic mass is 10.1. The van der Waals surface area contributed by atoms with Crippen molar-refractivity contribution in [3.63, 3.8) is 0 Å². The summed E-state index contributed by atoms with van der Waals surface area (Å²) in [5.74, 6) is -2.93. The van der Waals surface area contributed by atoms with Crippen LogP contribution < -0.4 is 10.9 Å². The summed E-state index contributed by atoms with van der Waals surface area (Å²) in [6.07, 6.45) is 0. The third kappa shape index (κ3) is 3.65. The van der Waals surface area contributed by atoms with Gasteiger partial charge in [0, 0.05) is 18.1 Å². The molecule has 1 aromatic heterocycles. The van der Waals surface area contributed by atoms with Gasteiger partial charge in [0.2, 0.25) is 0 Å². The fourth-order valence-corrected chi connectivity index (χ4v) is 2.82. The molecule has 1 atom stereocenters. The van der Waals surface area contributed by atoms with Crippen molar-refractivity contribution in [3.8, 4) is 0 Å². The molecule has 28 heavy (non-hydrogen) atoms. The van der Waals surface area contributed by atoms with Crippen molar-refractivity contribution in [2.45, 2.75) is 13.0 Å². The average molecular weight is 411 g/mol. The van der Waals surface area contributed by atoms with Crippen LogP contribution in [0.2, 0.25) is 5.02 Å². The Kier molecular flexibility index (Phi) is 5.28. The Balaban J connectivity index is 1.92. The molecule has 3 aromatic rings. The third-order valence-corrected chi connectivity index (χ3v) is 4.62. The van der Waals surface area contributed by atoms with E-state index in [-0.39, 0.29) is 27.2 Å². The Morgan fingerprint density at radius 1 is 1.14 bits per heavy atom. The van der Waals surface area contributed by atoms with Gasteiger partial charge in [0.1, 0.15) is 5.82 Å². The number of hydrogen-bond donors (Lipinski definition) is 2. The van der Waals surface area contributed by atoms with E-state index in [0.29, 0.717) is 0 Å². The molecular weight excluding hydrogens is 397 g/mol. The highest BCUT2D eigenvalue weighted by molar-refractivity contribution is 6.31. The number of amides is 2. The molecule has 0 spiro atoms. The first kappa shape index (κ1) is 19.7. The van der Waals surface area contributed by atoms with E-state index in [1.807, 2.05) is 0 Å². The Hall–Kier alpha value is -3.07. The SMILES string of the molecule is C[C@@H](c1n[nH]c(=O)c2cc(F)c(F)cc12)N(C)C(=O)Nc1ccc(F)c(Cl)c1. The van der Waals surface area contributed by atoms with Gasteiger partial charge in [-0.15, -0.1) is 0 Å². The molecule has 10 heteroatoms. The molecule has 3 rings (SSSR count). The van der Waals surface area contributed by atoms with E-state index in [1.54, 1.807) is 6.92 Å². The average Bonchev–Trinajstić information content (AvgIpc) is 2.65. The van der Waals surface area contributed by atoms with Crippen molar-refractivity contribution < 1.29 is 18.0 Å². The van der Waals surface area contributed by atoms with E-state index in [9.17, 15) is 22.8 Å². The summed E-state index contributed by atoms with van der Waals surface area (Å²) in [6.45, 7) is 1.60. The number of anilines is 1. The first-order valence-electron chi connectivity index (χ1n) is 8.05. The van der Waals surface area contributed by atoms with E-state index in [0.717, 1.165) is 18.2 Å². The molecule has 1 heterocycles. The van der Waals surface area contributed by atoms with Gasteiger partial charge in [-0.2, -0.15) is 5.10 Å². The fourth-order valence-electron chi connectivity index (χ4n) is 2.64. The van der Waals surface area contributed by atoms with E-state index < -0.39 is 35.1 Å². The molecule has 146 valence electrons. The number of aromatic nitrogens is 2. The summed E-state index contributed by atoms with van der Waals surface area (Å²) in [5.41, 5.74) is -0.246. The molecule has 2 amide bonds. The Morgan fingerprint density at radius 2 is 1.79 bits per heavy atom. The molecule has 0 radical (unpaired) electrons. The first-order valence-corrected chi connectivity index (χ1v) is 8.43. The Labute approximate surface area is 161 Å². The minimum absolute atomic E-state index is 0.0830. The maximum absolute atomic E-state index is 13.7. The highest BCUT2D eigenvalue weighted by Gasteiger charge is 2.23. The number of urea groups is 1. The van der Waals surface area contributed by atoms with Gasteiger partial charge < -0.3 is 10.2 Å². The molecule has 0 saturated heterocycles. The molecular formula is C18H14ClF3N4O2. The Morgan fingerprint density at radius 3 is 2.43 bits per heavy atom. The van der Waals surface area contributed by atoms with Gasteiger partial charge in [0.25, 0.3) is 5.56 Å². The van der Waals surface area contributed by atoms with Gasteiger partial charge in [-0.3, -0.25) is 4.79 Å². The maximum atomic E-state index is 13.7. The van der Waals surface area contributed by atoms with E-state index in [2.05, 4.69) is 15.5 Å². The van der Waals surface area contributed by atoms with Crippen molar-refractivity contribution in [2.24, 2.45) is 0 Å². The standard InChI is InChI=1S/C18H14ClF3N4O2/c1-8(26(2)18(28)23-9-3-4-13(20)12(19)5-9)16-10-6-14(21)15(22)7-11(10)17(27)25-24-16/h3-8H,1-2H3,(H,23,28)(H,25,27)/t8-/m0/s1. The largest absolute Gasteiger partial charge is 0.322 e. The molecule has 2 aromatic carbocycles. The Bertz CT molecular complexity index is 1140. The number of hydrogen-bond acceptors (Lipinski definition) is 3. The summed E-state index contributed by atoms with van der Waals surface area (Å²) < 4.78 is 40.4. The van der Waals surface area contributed by atoms with Gasteiger partial charge in [-0.25, -0.2) is 23.1 Å².